The minimum atomic E-state index is -0.202. The lowest BCUT2D eigenvalue weighted by molar-refractivity contribution is -0.913. The number of quaternary nitrogens is 1. The van der Waals surface area contributed by atoms with Crippen LogP contribution in [0.25, 0.3) is 0 Å². The van der Waals surface area contributed by atoms with Crippen LogP contribution in [0.1, 0.15) is 30.0 Å². The van der Waals surface area contributed by atoms with E-state index in [1.54, 1.807) is 12.1 Å². The van der Waals surface area contributed by atoms with Gasteiger partial charge in [0.05, 0.1) is 31.3 Å². The smallest absolute Gasteiger partial charge is 0.231 e. The number of para-hydroxylation sites is 1. The van der Waals surface area contributed by atoms with Gasteiger partial charge in [0.25, 0.3) is 0 Å². The quantitative estimate of drug-likeness (QED) is 0.786. The molecule has 6 nitrogen and oxygen atoms in total. The van der Waals surface area contributed by atoms with Crippen LogP contribution in [-0.4, -0.2) is 37.2 Å². The minimum absolute atomic E-state index is 0.117. The van der Waals surface area contributed by atoms with E-state index in [1.807, 2.05) is 18.2 Å². The maximum atomic E-state index is 10.7. The van der Waals surface area contributed by atoms with Crippen molar-refractivity contribution in [2.45, 2.75) is 18.9 Å². The van der Waals surface area contributed by atoms with Crippen LogP contribution in [0.3, 0.4) is 0 Å². The topological polar surface area (TPSA) is 72.6 Å². The fraction of sp³-hybridized carbons (Fsp3) is 0.368. The molecule has 0 radical (unpaired) electrons. The zero-order valence-corrected chi connectivity index (χ0v) is 14.1. The molecule has 2 aliphatic rings. The van der Waals surface area contributed by atoms with Gasteiger partial charge in [-0.15, -0.1) is 0 Å². The van der Waals surface area contributed by atoms with Crippen LogP contribution in [0, 0.1) is 0 Å². The first kappa shape index (κ1) is 15.9. The molecule has 3 N–H and O–H groups in total. The Kier molecular flexibility index (Phi) is 4.05. The molecule has 1 fully saturated rings. The van der Waals surface area contributed by atoms with E-state index < -0.39 is 0 Å². The van der Waals surface area contributed by atoms with Crippen LogP contribution in [0.5, 0.6) is 28.7 Å². The predicted molar refractivity (Wildman–Crippen MR) is 90.7 cm³/mol. The standard InChI is InChI=1S/C19H21NO5/c1-23-15-6-4-5-12(19(15)22)18(20-7-2-3-8-20)13-9-16-17(10-14(13)21)25-11-24-16/h4-6,9-10,18,21-22H,2-3,7-8,11H2,1H3/p+1/t18-/m1/s1. The molecule has 0 bridgehead atoms. The van der Waals surface area contributed by atoms with E-state index in [4.69, 9.17) is 14.2 Å². The zero-order valence-electron chi connectivity index (χ0n) is 14.1. The van der Waals surface area contributed by atoms with Crippen molar-refractivity contribution in [2.24, 2.45) is 0 Å². The van der Waals surface area contributed by atoms with Gasteiger partial charge in [0.15, 0.2) is 23.0 Å². The third kappa shape index (κ3) is 2.72. The first-order valence-electron chi connectivity index (χ1n) is 8.52. The van der Waals surface area contributed by atoms with Crippen molar-refractivity contribution in [1.82, 2.24) is 0 Å². The molecule has 132 valence electrons. The van der Waals surface area contributed by atoms with Gasteiger partial charge in [0.1, 0.15) is 11.8 Å². The molecule has 2 aliphatic heterocycles. The Morgan fingerprint density at radius 3 is 2.48 bits per heavy atom. The molecule has 0 unspecified atom stereocenters. The second-order valence-corrected chi connectivity index (χ2v) is 6.46. The summed E-state index contributed by atoms with van der Waals surface area (Å²) in [6.45, 7) is 2.12. The Balaban J connectivity index is 1.85. The number of methoxy groups -OCH3 is 1. The number of ether oxygens (including phenoxy) is 3. The molecule has 0 aliphatic carbocycles. The number of aromatic hydroxyl groups is 2. The first-order chi connectivity index (χ1) is 12.2. The van der Waals surface area contributed by atoms with Crippen molar-refractivity contribution in [3.05, 3.63) is 41.5 Å². The molecule has 0 saturated carbocycles. The Hall–Kier alpha value is -2.60. The third-order valence-electron chi connectivity index (χ3n) is 5.05. The molecule has 25 heavy (non-hydrogen) atoms. The van der Waals surface area contributed by atoms with E-state index in [-0.39, 0.29) is 24.3 Å². The first-order valence-corrected chi connectivity index (χ1v) is 8.52. The van der Waals surface area contributed by atoms with Gasteiger partial charge in [0, 0.05) is 18.9 Å². The summed E-state index contributed by atoms with van der Waals surface area (Å²) in [7, 11) is 1.54. The monoisotopic (exact) mass is 344 g/mol. The average molecular weight is 344 g/mol. The number of benzene rings is 2. The summed E-state index contributed by atoms with van der Waals surface area (Å²) in [5.74, 6) is 1.87. The van der Waals surface area contributed by atoms with E-state index in [2.05, 4.69) is 0 Å². The van der Waals surface area contributed by atoms with E-state index in [0.717, 1.165) is 37.1 Å². The number of phenols is 2. The molecule has 2 aromatic rings. The summed E-state index contributed by atoms with van der Waals surface area (Å²) >= 11 is 0. The van der Waals surface area contributed by atoms with Crippen LogP contribution in [-0.2, 0) is 0 Å². The molecule has 0 spiro atoms. The van der Waals surface area contributed by atoms with Gasteiger partial charge >= 0.3 is 0 Å². The molecule has 4 rings (SSSR count). The molecule has 2 aromatic carbocycles. The molecule has 0 amide bonds. The second kappa shape index (κ2) is 6.37. The molecule has 1 atom stereocenters. The van der Waals surface area contributed by atoms with E-state index >= 15 is 0 Å². The second-order valence-electron chi connectivity index (χ2n) is 6.46. The highest BCUT2D eigenvalue weighted by Gasteiger charge is 2.35. The van der Waals surface area contributed by atoms with E-state index in [0.29, 0.717) is 17.2 Å². The number of likely N-dealkylation sites (tertiary alicyclic amines) is 1. The molecule has 2 heterocycles. The van der Waals surface area contributed by atoms with Crippen LogP contribution < -0.4 is 19.1 Å². The lowest BCUT2D eigenvalue weighted by Crippen LogP contribution is -3.10. The minimum Gasteiger partial charge on any atom is -0.507 e. The van der Waals surface area contributed by atoms with Crippen molar-refractivity contribution in [3.8, 4) is 28.7 Å². The van der Waals surface area contributed by atoms with Crippen molar-refractivity contribution in [3.63, 3.8) is 0 Å². The van der Waals surface area contributed by atoms with Crippen molar-refractivity contribution >= 4 is 0 Å². The summed E-state index contributed by atoms with van der Waals surface area (Å²) in [5, 5.41) is 21.3. The maximum Gasteiger partial charge on any atom is 0.231 e. The average Bonchev–Trinajstić information content (AvgIpc) is 3.28. The lowest BCUT2D eigenvalue weighted by atomic mass is 9.94. The largest absolute Gasteiger partial charge is 0.507 e. The van der Waals surface area contributed by atoms with Crippen molar-refractivity contribution < 1.29 is 29.3 Å². The fourth-order valence-electron chi connectivity index (χ4n) is 3.84. The number of fused-ring (bicyclic) bond motifs is 1. The summed E-state index contributed by atoms with van der Waals surface area (Å²) < 4.78 is 16.1. The third-order valence-corrected chi connectivity index (χ3v) is 5.05. The summed E-state index contributed by atoms with van der Waals surface area (Å²) in [6, 6.07) is 8.70. The van der Waals surface area contributed by atoms with Crippen LogP contribution in [0.2, 0.25) is 0 Å². The highest BCUT2D eigenvalue weighted by atomic mass is 16.7. The van der Waals surface area contributed by atoms with E-state index in [1.165, 1.54) is 12.0 Å². The number of rotatable bonds is 4. The zero-order chi connectivity index (χ0) is 17.4. The molecule has 6 heteroatoms. The van der Waals surface area contributed by atoms with Gasteiger partial charge in [-0.05, 0) is 18.2 Å². The lowest BCUT2D eigenvalue weighted by Gasteiger charge is -2.27. The van der Waals surface area contributed by atoms with Gasteiger partial charge in [-0.25, -0.2) is 0 Å². The van der Waals surface area contributed by atoms with Crippen molar-refractivity contribution in [1.29, 1.82) is 0 Å². The number of phenolic OH excluding ortho intramolecular Hbond substituents is 2. The predicted octanol–water partition coefficient (Wildman–Crippen LogP) is 1.60. The Bertz CT molecular complexity index is 786. The van der Waals surface area contributed by atoms with Crippen LogP contribution in [0.4, 0.5) is 0 Å². The maximum absolute atomic E-state index is 10.7. The molecular formula is C19H22NO5+. The number of nitrogens with one attached hydrogen (secondary N) is 1. The van der Waals surface area contributed by atoms with Crippen molar-refractivity contribution in [2.75, 3.05) is 27.0 Å². The number of hydrogen-bond donors (Lipinski definition) is 3. The van der Waals surface area contributed by atoms with Gasteiger partial charge in [-0.1, -0.05) is 6.07 Å². The summed E-state index contributed by atoms with van der Waals surface area (Å²) in [6.07, 6.45) is 2.25. The fourth-order valence-corrected chi connectivity index (χ4v) is 3.84. The molecule has 0 aromatic heterocycles. The molecular weight excluding hydrogens is 322 g/mol. The summed E-state index contributed by atoms with van der Waals surface area (Å²) in [5.41, 5.74) is 1.47. The van der Waals surface area contributed by atoms with Gasteiger partial charge < -0.3 is 29.3 Å². The highest BCUT2D eigenvalue weighted by Crippen LogP contribution is 2.43. The summed E-state index contributed by atoms with van der Waals surface area (Å²) in [4.78, 5) is 1.30. The van der Waals surface area contributed by atoms with Gasteiger partial charge in [-0.2, -0.15) is 0 Å². The highest BCUT2D eigenvalue weighted by molar-refractivity contribution is 5.56. The Morgan fingerprint density at radius 1 is 1.04 bits per heavy atom. The normalized spacial score (nSPS) is 17.6. The Labute approximate surface area is 146 Å². The Morgan fingerprint density at radius 2 is 1.76 bits per heavy atom. The van der Waals surface area contributed by atoms with Crippen LogP contribution in [0.15, 0.2) is 30.3 Å². The van der Waals surface area contributed by atoms with E-state index in [9.17, 15) is 10.2 Å². The number of hydrogen-bond acceptors (Lipinski definition) is 5. The molecule has 1 saturated heterocycles. The van der Waals surface area contributed by atoms with Crippen LogP contribution >= 0.6 is 0 Å². The van der Waals surface area contributed by atoms with Gasteiger partial charge in [0.2, 0.25) is 6.79 Å². The van der Waals surface area contributed by atoms with Gasteiger partial charge in [-0.3, -0.25) is 0 Å². The SMILES string of the molecule is COc1cccc([C@H](c2cc3c(cc2O)OCO3)[NH+]2CCCC2)c1O.